The van der Waals surface area contributed by atoms with Crippen LogP contribution in [0.4, 0.5) is 0 Å². The van der Waals surface area contributed by atoms with Gasteiger partial charge in [0, 0.05) is 64.3 Å². The molecule has 0 aliphatic carbocycles. The summed E-state index contributed by atoms with van der Waals surface area (Å²) in [5, 5.41) is 0. The molecule has 0 bridgehead atoms. The Kier molecular flexibility index (Phi) is 3.86. The largest absolute Gasteiger partial charge is 0.335 e. The van der Waals surface area contributed by atoms with E-state index in [0.29, 0.717) is 6.04 Å². The Hall–Kier alpha value is -0.910. The first-order valence-electron chi connectivity index (χ1n) is 7.42. The number of nitrogens with zero attached hydrogens (tertiary/aromatic N) is 4. The molecule has 0 saturated carbocycles. The van der Waals surface area contributed by atoms with E-state index in [0.717, 1.165) is 32.4 Å². The van der Waals surface area contributed by atoms with Crippen LogP contribution in [0.1, 0.15) is 17.9 Å². The van der Waals surface area contributed by atoms with Gasteiger partial charge in [-0.3, -0.25) is 0 Å². The van der Waals surface area contributed by atoms with E-state index in [1.807, 2.05) is 0 Å². The number of likely N-dealkylation sites (N-methyl/N-ethyl adjacent to an activating group) is 1. The average molecular weight is 263 g/mol. The monoisotopic (exact) mass is 263 g/mol. The van der Waals surface area contributed by atoms with Crippen molar-refractivity contribution in [2.75, 3.05) is 39.8 Å². The lowest BCUT2D eigenvalue weighted by molar-refractivity contribution is 0.155. The van der Waals surface area contributed by atoms with Crippen LogP contribution in [0.2, 0.25) is 0 Å². The van der Waals surface area contributed by atoms with Crippen LogP contribution < -0.4 is 5.73 Å². The SMILES string of the molecule is CN1CCN(CCc2cn3c(n2)CC(N)CC3)CC1. The van der Waals surface area contributed by atoms with Crippen molar-refractivity contribution >= 4 is 0 Å². The minimum atomic E-state index is 0.306. The summed E-state index contributed by atoms with van der Waals surface area (Å²) in [4.78, 5) is 9.69. The Morgan fingerprint density at radius 1 is 1.26 bits per heavy atom. The Labute approximate surface area is 115 Å². The van der Waals surface area contributed by atoms with Gasteiger partial charge in [0.1, 0.15) is 5.82 Å². The van der Waals surface area contributed by atoms with Gasteiger partial charge in [0.05, 0.1) is 5.69 Å². The zero-order valence-corrected chi connectivity index (χ0v) is 11.9. The van der Waals surface area contributed by atoms with Crippen molar-refractivity contribution in [2.45, 2.75) is 31.8 Å². The maximum atomic E-state index is 6.00. The number of fused-ring (bicyclic) bond motifs is 1. The number of nitrogens with two attached hydrogens (primary N) is 1. The molecule has 0 amide bonds. The molecule has 0 spiro atoms. The van der Waals surface area contributed by atoms with Crippen molar-refractivity contribution in [2.24, 2.45) is 5.73 Å². The molecule has 2 aliphatic heterocycles. The van der Waals surface area contributed by atoms with Crippen LogP contribution in [-0.4, -0.2) is 65.2 Å². The minimum absolute atomic E-state index is 0.306. The first-order valence-corrected chi connectivity index (χ1v) is 7.42. The maximum absolute atomic E-state index is 6.00. The van der Waals surface area contributed by atoms with E-state index < -0.39 is 0 Å². The Bertz CT molecular complexity index is 419. The highest BCUT2D eigenvalue weighted by molar-refractivity contribution is 5.08. The van der Waals surface area contributed by atoms with E-state index in [1.54, 1.807) is 0 Å². The summed E-state index contributed by atoms with van der Waals surface area (Å²) < 4.78 is 2.29. The quantitative estimate of drug-likeness (QED) is 0.830. The van der Waals surface area contributed by atoms with Gasteiger partial charge in [-0.25, -0.2) is 4.98 Å². The summed E-state index contributed by atoms with van der Waals surface area (Å²) in [7, 11) is 2.20. The fraction of sp³-hybridized carbons (Fsp3) is 0.786. The van der Waals surface area contributed by atoms with Gasteiger partial charge in [0.25, 0.3) is 0 Å². The van der Waals surface area contributed by atoms with Crippen LogP contribution in [0.5, 0.6) is 0 Å². The van der Waals surface area contributed by atoms with E-state index in [9.17, 15) is 0 Å². The lowest BCUT2D eigenvalue weighted by atomic mass is 10.1. The lowest BCUT2D eigenvalue weighted by Crippen LogP contribution is -2.45. The van der Waals surface area contributed by atoms with Crippen molar-refractivity contribution in [3.8, 4) is 0 Å². The van der Waals surface area contributed by atoms with Crippen molar-refractivity contribution < 1.29 is 0 Å². The van der Waals surface area contributed by atoms with Crippen LogP contribution >= 0.6 is 0 Å². The van der Waals surface area contributed by atoms with Gasteiger partial charge in [-0.1, -0.05) is 0 Å². The van der Waals surface area contributed by atoms with E-state index in [2.05, 4.69) is 27.6 Å². The molecule has 106 valence electrons. The van der Waals surface area contributed by atoms with Crippen molar-refractivity contribution in [3.63, 3.8) is 0 Å². The minimum Gasteiger partial charge on any atom is -0.335 e. The highest BCUT2D eigenvalue weighted by Gasteiger charge is 2.18. The van der Waals surface area contributed by atoms with Gasteiger partial charge in [-0.15, -0.1) is 0 Å². The fourth-order valence-corrected chi connectivity index (χ4v) is 2.98. The molecular weight excluding hydrogens is 238 g/mol. The summed E-state index contributed by atoms with van der Waals surface area (Å²) in [5.74, 6) is 1.19. The van der Waals surface area contributed by atoms with E-state index >= 15 is 0 Å². The Balaban J connectivity index is 1.53. The molecule has 1 aromatic rings. The molecule has 0 radical (unpaired) electrons. The molecule has 2 aliphatic rings. The lowest BCUT2D eigenvalue weighted by Gasteiger charge is -2.32. The normalized spacial score (nSPS) is 25.5. The van der Waals surface area contributed by atoms with Gasteiger partial charge in [0.2, 0.25) is 0 Å². The van der Waals surface area contributed by atoms with Crippen molar-refractivity contribution in [1.82, 2.24) is 19.4 Å². The number of aryl methyl sites for hydroxylation is 1. The van der Waals surface area contributed by atoms with Crippen LogP contribution in [-0.2, 0) is 19.4 Å². The fourth-order valence-electron chi connectivity index (χ4n) is 2.98. The summed E-state index contributed by atoms with van der Waals surface area (Å²) in [6.45, 7) is 6.93. The van der Waals surface area contributed by atoms with Gasteiger partial charge >= 0.3 is 0 Å². The molecule has 3 heterocycles. The summed E-state index contributed by atoms with van der Waals surface area (Å²) in [6.07, 6.45) is 5.33. The van der Waals surface area contributed by atoms with Gasteiger partial charge in [-0.2, -0.15) is 0 Å². The van der Waals surface area contributed by atoms with Crippen molar-refractivity contribution in [3.05, 3.63) is 17.7 Å². The number of piperazine rings is 1. The highest BCUT2D eigenvalue weighted by Crippen LogP contribution is 2.14. The third kappa shape index (κ3) is 3.16. The van der Waals surface area contributed by atoms with E-state index in [-0.39, 0.29) is 0 Å². The molecule has 1 atom stereocenters. The van der Waals surface area contributed by atoms with Gasteiger partial charge in [0.15, 0.2) is 0 Å². The summed E-state index contributed by atoms with van der Waals surface area (Å²) in [6, 6.07) is 0.306. The second-order valence-electron chi connectivity index (χ2n) is 5.99. The molecule has 5 heteroatoms. The predicted molar refractivity (Wildman–Crippen MR) is 76.2 cm³/mol. The molecule has 3 rings (SSSR count). The molecule has 1 aromatic heterocycles. The topological polar surface area (TPSA) is 50.3 Å². The number of hydrogen-bond donors (Lipinski definition) is 1. The highest BCUT2D eigenvalue weighted by atomic mass is 15.2. The standard InChI is InChI=1S/C14H25N5/c1-17-6-8-18(9-7-17)4-3-13-11-19-5-2-12(15)10-14(19)16-13/h11-12H,2-10,15H2,1H3. The molecule has 0 aromatic carbocycles. The first kappa shape index (κ1) is 13.1. The summed E-state index contributed by atoms with van der Waals surface area (Å²) >= 11 is 0. The maximum Gasteiger partial charge on any atom is 0.110 e. The van der Waals surface area contributed by atoms with Crippen LogP contribution in [0.25, 0.3) is 0 Å². The zero-order chi connectivity index (χ0) is 13.2. The smallest absolute Gasteiger partial charge is 0.110 e. The van der Waals surface area contributed by atoms with Gasteiger partial charge < -0.3 is 20.1 Å². The molecule has 1 unspecified atom stereocenters. The molecular formula is C14H25N5. The third-order valence-corrected chi connectivity index (χ3v) is 4.37. The number of hydrogen-bond acceptors (Lipinski definition) is 4. The van der Waals surface area contributed by atoms with Crippen molar-refractivity contribution in [1.29, 1.82) is 0 Å². The van der Waals surface area contributed by atoms with Crippen LogP contribution in [0.3, 0.4) is 0 Å². The molecule has 19 heavy (non-hydrogen) atoms. The summed E-state index contributed by atoms with van der Waals surface area (Å²) in [5.41, 5.74) is 7.24. The van der Waals surface area contributed by atoms with Crippen LogP contribution in [0.15, 0.2) is 6.20 Å². The average Bonchev–Trinajstić information content (AvgIpc) is 2.80. The first-order chi connectivity index (χ1) is 9.20. The zero-order valence-electron chi connectivity index (χ0n) is 11.9. The third-order valence-electron chi connectivity index (χ3n) is 4.37. The van der Waals surface area contributed by atoms with E-state index in [1.165, 1.54) is 37.7 Å². The second-order valence-corrected chi connectivity index (χ2v) is 5.99. The molecule has 5 nitrogen and oxygen atoms in total. The number of imidazole rings is 1. The van der Waals surface area contributed by atoms with Gasteiger partial charge in [-0.05, 0) is 13.5 Å². The Morgan fingerprint density at radius 2 is 2.05 bits per heavy atom. The number of aromatic nitrogens is 2. The molecule has 1 fully saturated rings. The predicted octanol–water partition coefficient (Wildman–Crippen LogP) is -0.0535. The Morgan fingerprint density at radius 3 is 2.84 bits per heavy atom. The molecule has 2 N–H and O–H groups in total. The van der Waals surface area contributed by atoms with Crippen LogP contribution in [0, 0.1) is 0 Å². The van der Waals surface area contributed by atoms with E-state index in [4.69, 9.17) is 10.7 Å². The second kappa shape index (κ2) is 5.61. The molecule has 1 saturated heterocycles. The number of rotatable bonds is 3.